The van der Waals surface area contributed by atoms with E-state index in [0.717, 1.165) is 29.5 Å². The van der Waals surface area contributed by atoms with Crippen molar-refractivity contribution in [3.63, 3.8) is 0 Å². The first-order valence-corrected chi connectivity index (χ1v) is 11.4. The van der Waals surface area contributed by atoms with Gasteiger partial charge in [-0.15, -0.1) is 0 Å². The summed E-state index contributed by atoms with van der Waals surface area (Å²) in [7, 11) is 1.70. The number of carbonyl (C=O) groups excluding carboxylic acids is 2. The average molecular weight is 421 g/mol. The molecule has 4 nitrogen and oxygen atoms in total. The number of nitrogens with zero attached hydrogens (tertiary/aromatic N) is 2. The second-order valence-electron chi connectivity index (χ2n) is 9.76. The van der Waals surface area contributed by atoms with Crippen LogP contribution in [0.1, 0.15) is 58.4 Å². The van der Waals surface area contributed by atoms with E-state index in [-0.39, 0.29) is 11.8 Å². The van der Waals surface area contributed by atoms with Crippen LogP contribution in [0.3, 0.4) is 0 Å². The van der Waals surface area contributed by atoms with Gasteiger partial charge in [0.25, 0.3) is 11.8 Å². The molecule has 2 heterocycles. The lowest BCUT2D eigenvalue weighted by molar-refractivity contribution is 0.0632. The summed E-state index contributed by atoms with van der Waals surface area (Å²) in [4.78, 5) is 29.6. The quantitative estimate of drug-likeness (QED) is 0.716. The van der Waals surface area contributed by atoms with Gasteiger partial charge in [-0.25, -0.2) is 4.39 Å². The molecule has 2 aromatic carbocycles. The van der Waals surface area contributed by atoms with Crippen molar-refractivity contribution in [2.24, 2.45) is 17.8 Å². The summed E-state index contributed by atoms with van der Waals surface area (Å²) in [5.41, 5.74) is 2.00. The zero-order valence-corrected chi connectivity index (χ0v) is 18.0. The first kappa shape index (κ1) is 20.2. The van der Waals surface area contributed by atoms with Gasteiger partial charge in [0.2, 0.25) is 0 Å². The highest BCUT2D eigenvalue weighted by molar-refractivity contribution is 5.95. The van der Waals surface area contributed by atoms with E-state index >= 15 is 0 Å². The van der Waals surface area contributed by atoms with Crippen LogP contribution < -0.4 is 0 Å². The Morgan fingerprint density at radius 1 is 0.935 bits per heavy atom. The minimum absolute atomic E-state index is 0.147. The molecule has 2 aliphatic heterocycles. The lowest BCUT2D eigenvalue weighted by atomic mass is 9.68. The Kier molecular flexibility index (Phi) is 5.28. The molecule has 2 saturated carbocycles. The Morgan fingerprint density at radius 2 is 1.61 bits per heavy atom. The summed E-state index contributed by atoms with van der Waals surface area (Å²) in [6.07, 6.45) is 6.29. The Labute approximate surface area is 183 Å². The largest absolute Gasteiger partial charge is 0.337 e. The van der Waals surface area contributed by atoms with Crippen LogP contribution in [0.15, 0.2) is 48.5 Å². The van der Waals surface area contributed by atoms with Crippen molar-refractivity contribution >= 4 is 11.8 Å². The summed E-state index contributed by atoms with van der Waals surface area (Å²) in [5.74, 6) is 1.80. The third-order valence-corrected chi connectivity index (χ3v) is 7.41. The molecule has 2 atom stereocenters. The van der Waals surface area contributed by atoms with Crippen molar-refractivity contribution in [3.8, 4) is 0 Å². The van der Waals surface area contributed by atoms with Crippen molar-refractivity contribution in [2.75, 3.05) is 13.6 Å². The maximum Gasteiger partial charge on any atom is 0.254 e. The molecule has 4 aliphatic rings. The fourth-order valence-corrected chi connectivity index (χ4v) is 6.14. The molecule has 2 saturated heterocycles. The van der Waals surface area contributed by atoms with Crippen LogP contribution in [0.4, 0.5) is 4.39 Å². The van der Waals surface area contributed by atoms with Crippen LogP contribution in [0.5, 0.6) is 0 Å². The number of hydrogen-bond acceptors (Lipinski definition) is 2. The Bertz CT molecular complexity index is 975. The monoisotopic (exact) mass is 420 g/mol. The number of fused-ring (bicyclic) bond motifs is 1. The molecule has 0 N–H and O–H groups in total. The second-order valence-corrected chi connectivity index (χ2v) is 9.76. The molecule has 2 unspecified atom stereocenters. The Morgan fingerprint density at radius 3 is 2.29 bits per heavy atom. The van der Waals surface area contributed by atoms with Gasteiger partial charge in [0, 0.05) is 37.3 Å². The van der Waals surface area contributed by atoms with Gasteiger partial charge in [0.15, 0.2) is 0 Å². The summed E-state index contributed by atoms with van der Waals surface area (Å²) in [6.45, 7) is 1.31. The average Bonchev–Trinajstić information content (AvgIpc) is 2.96. The molecule has 6 rings (SSSR count). The van der Waals surface area contributed by atoms with E-state index in [0.29, 0.717) is 24.1 Å². The Hall–Kier alpha value is -2.69. The minimum atomic E-state index is -0.419. The molecule has 0 aromatic heterocycles. The number of halogens is 1. The van der Waals surface area contributed by atoms with Crippen LogP contribution in [-0.2, 0) is 6.54 Å². The van der Waals surface area contributed by atoms with Gasteiger partial charge in [-0.1, -0.05) is 18.2 Å². The van der Waals surface area contributed by atoms with E-state index in [1.165, 1.54) is 50.3 Å². The van der Waals surface area contributed by atoms with Gasteiger partial charge in [0.05, 0.1) is 0 Å². The summed E-state index contributed by atoms with van der Waals surface area (Å²) in [5, 5.41) is 0. The SMILES string of the molecule is CN(Cc1ccc(C(=O)N2CC3CC4CC(C3)CC2C4)cc1)C(=O)c1cccc(F)c1. The van der Waals surface area contributed by atoms with E-state index in [4.69, 9.17) is 0 Å². The maximum atomic E-state index is 13.4. The summed E-state index contributed by atoms with van der Waals surface area (Å²) < 4.78 is 13.4. The molecule has 0 spiro atoms. The van der Waals surface area contributed by atoms with E-state index in [9.17, 15) is 14.0 Å². The molecule has 0 radical (unpaired) electrons. The van der Waals surface area contributed by atoms with Crippen molar-refractivity contribution < 1.29 is 14.0 Å². The maximum absolute atomic E-state index is 13.4. The zero-order valence-electron chi connectivity index (χ0n) is 18.0. The third-order valence-electron chi connectivity index (χ3n) is 7.41. The molecular formula is C26H29FN2O2. The number of amides is 2. The highest BCUT2D eigenvalue weighted by Crippen LogP contribution is 2.47. The topological polar surface area (TPSA) is 40.6 Å². The van der Waals surface area contributed by atoms with Crippen LogP contribution in [0.25, 0.3) is 0 Å². The highest BCUT2D eigenvalue weighted by Gasteiger charge is 2.44. The van der Waals surface area contributed by atoms with Gasteiger partial charge in [0.1, 0.15) is 5.82 Å². The minimum Gasteiger partial charge on any atom is -0.337 e. The standard InChI is InChI=1S/C26H29FN2O2/c1-28(25(30)22-3-2-4-23(27)14-22)15-17-5-7-21(8-6-17)26(31)29-16-20-10-18-9-19(11-20)13-24(29)12-18/h2-8,14,18-20,24H,9-13,15-16H2,1H3. The second kappa shape index (κ2) is 8.10. The molecule has 2 amide bonds. The smallest absolute Gasteiger partial charge is 0.254 e. The van der Waals surface area contributed by atoms with E-state index < -0.39 is 5.82 Å². The molecule has 5 heteroatoms. The number of carbonyl (C=O) groups is 2. The van der Waals surface area contributed by atoms with E-state index in [2.05, 4.69) is 4.90 Å². The van der Waals surface area contributed by atoms with Crippen LogP contribution >= 0.6 is 0 Å². The fourth-order valence-electron chi connectivity index (χ4n) is 6.14. The molecule has 4 bridgehead atoms. The number of rotatable bonds is 4. The first-order chi connectivity index (χ1) is 15.0. The molecule has 162 valence electrons. The number of benzene rings is 2. The normalized spacial score (nSPS) is 26.6. The van der Waals surface area contributed by atoms with Gasteiger partial charge in [-0.05, 0) is 85.8 Å². The van der Waals surface area contributed by atoms with Gasteiger partial charge in [-0.3, -0.25) is 9.59 Å². The summed E-state index contributed by atoms with van der Waals surface area (Å²) in [6, 6.07) is 13.7. The fraction of sp³-hybridized carbons (Fsp3) is 0.462. The van der Waals surface area contributed by atoms with Crippen LogP contribution in [0.2, 0.25) is 0 Å². The summed E-state index contributed by atoms with van der Waals surface area (Å²) >= 11 is 0. The first-order valence-electron chi connectivity index (χ1n) is 11.4. The van der Waals surface area contributed by atoms with Crippen molar-refractivity contribution in [1.82, 2.24) is 9.80 Å². The Balaban J connectivity index is 1.25. The molecule has 31 heavy (non-hydrogen) atoms. The lowest BCUT2D eigenvalue weighted by Gasteiger charge is -2.39. The van der Waals surface area contributed by atoms with E-state index in [1.807, 2.05) is 24.3 Å². The van der Waals surface area contributed by atoms with Gasteiger partial charge < -0.3 is 9.80 Å². The molecular weight excluding hydrogens is 391 g/mol. The predicted octanol–water partition coefficient (Wildman–Crippen LogP) is 4.75. The zero-order chi connectivity index (χ0) is 21.5. The van der Waals surface area contributed by atoms with Gasteiger partial charge in [-0.2, -0.15) is 0 Å². The molecule has 4 fully saturated rings. The van der Waals surface area contributed by atoms with E-state index in [1.54, 1.807) is 18.0 Å². The molecule has 2 aliphatic carbocycles. The van der Waals surface area contributed by atoms with Crippen LogP contribution in [-0.4, -0.2) is 41.2 Å². The van der Waals surface area contributed by atoms with Crippen molar-refractivity contribution in [2.45, 2.75) is 44.7 Å². The lowest BCUT2D eigenvalue weighted by Crippen LogP contribution is -2.42. The number of hydrogen-bond donors (Lipinski definition) is 0. The molecule has 2 aromatic rings. The van der Waals surface area contributed by atoms with Crippen molar-refractivity contribution in [3.05, 3.63) is 71.0 Å². The van der Waals surface area contributed by atoms with Crippen LogP contribution in [0, 0.1) is 23.6 Å². The highest BCUT2D eigenvalue weighted by atomic mass is 19.1. The van der Waals surface area contributed by atoms with Crippen molar-refractivity contribution in [1.29, 1.82) is 0 Å². The third kappa shape index (κ3) is 4.10. The predicted molar refractivity (Wildman–Crippen MR) is 117 cm³/mol. The van der Waals surface area contributed by atoms with Gasteiger partial charge >= 0.3 is 0 Å².